The van der Waals surface area contributed by atoms with Gasteiger partial charge in [0.15, 0.2) is 5.69 Å². The van der Waals surface area contributed by atoms with Crippen molar-refractivity contribution in [1.29, 1.82) is 0 Å². The van der Waals surface area contributed by atoms with Crippen molar-refractivity contribution >= 4 is 27.3 Å². The third-order valence-corrected chi connectivity index (χ3v) is 6.57. The number of carbonyl (C=O) groups is 1. The fraction of sp³-hybridized carbons (Fsp3) is 0.120. The maximum atomic E-state index is 13.5. The van der Waals surface area contributed by atoms with Crippen molar-refractivity contribution in [3.8, 4) is 11.4 Å². The summed E-state index contributed by atoms with van der Waals surface area (Å²) in [5, 5.41) is 6.84. The van der Waals surface area contributed by atoms with E-state index in [0.29, 0.717) is 29.3 Å². The molecule has 0 aliphatic rings. The number of anilines is 2. The second kappa shape index (κ2) is 9.98. The van der Waals surface area contributed by atoms with E-state index in [1.807, 2.05) is 6.92 Å². The molecule has 35 heavy (non-hydrogen) atoms. The van der Waals surface area contributed by atoms with Gasteiger partial charge < -0.3 is 10.1 Å². The molecule has 0 spiro atoms. The van der Waals surface area contributed by atoms with Crippen molar-refractivity contribution in [3.05, 3.63) is 96.1 Å². The summed E-state index contributed by atoms with van der Waals surface area (Å²) in [6.07, 6.45) is 1.54. The molecule has 0 bridgehead atoms. The Labute approximate surface area is 202 Å². The monoisotopic (exact) mass is 494 g/mol. The first kappa shape index (κ1) is 24.0. The van der Waals surface area contributed by atoms with Gasteiger partial charge in [-0.3, -0.25) is 9.52 Å². The number of carbonyl (C=O) groups excluding carboxylic acids is 1. The Balaban J connectivity index is 1.51. The molecule has 8 nitrogen and oxygen atoms in total. The van der Waals surface area contributed by atoms with E-state index in [1.165, 1.54) is 35.1 Å². The number of hydrogen-bond donors (Lipinski definition) is 2. The standard InChI is InChI=1S/C25H23FN4O4S/c1-3-34-22-11-9-19(10-12-22)29-35(32,33)24-16-20(8-7-17(24)2)27-25(31)23-13-14-30(28-23)21-6-4-5-18(26)15-21/h4-16,29H,3H2,1-2H3,(H,27,31). The predicted octanol–water partition coefficient (Wildman–Crippen LogP) is 4.77. The fourth-order valence-electron chi connectivity index (χ4n) is 3.37. The van der Waals surface area contributed by atoms with Crippen LogP contribution in [0.15, 0.2) is 83.9 Å². The van der Waals surface area contributed by atoms with E-state index in [-0.39, 0.29) is 16.3 Å². The maximum absolute atomic E-state index is 13.5. The summed E-state index contributed by atoms with van der Waals surface area (Å²) in [5.41, 5.74) is 1.73. The van der Waals surface area contributed by atoms with Gasteiger partial charge in [-0.15, -0.1) is 0 Å². The van der Waals surface area contributed by atoms with E-state index in [4.69, 9.17) is 4.74 Å². The van der Waals surface area contributed by atoms with Crippen LogP contribution >= 0.6 is 0 Å². The molecular weight excluding hydrogens is 471 g/mol. The highest BCUT2D eigenvalue weighted by molar-refractivity contribution is 7.92. The van der Waals surface area contributed by atoms with Crippen LogP contribution in [0.1, 0.15) is 23.0 Å². The van der Waals surface area contributed by atoms with Gasteiger partial charge in [0.2, 0.25) is 0 Å². The van der Waals surface area contributed by atoms with Gasteiger partial charge in [-0.05, 0) is 80.1 Å². The van der Waals surface area contributed by atoms with Crippen molar-refractivity contribution in [2.45, 2.75) is 18.7 Å². The van der Waals surface area contributed by atoms with Crippen molar-refractivity contribution in [2.75, 3.05) is 16.6 Å². The van der Waals surface area contributed by atoms with Crippen LogP contribution in [0.3, 0.4) is 0 Å². The molecule has 0 radical (unpaired) electrons. The van der Waals surface area contributed by atoms with Gasteiger partial charge in [0.25, 0.3) is 15.9 Å². The molecule has 4 rings (SSSR count). The lowest BCUT2D eigenvalue weighted by Crippen LogP contribution is -2.16. The lowest BCUT2D eigenvalue weighted by molar-refractivity contribution is 0.102. The van der Waals surface area contributed by atoms with Crippen LogP contribution in [0.25, 0.3) is 5.69 Å². The van der Waals surface area contributed by atoms with Crippen molar-refractivity contribution in [3.63, 3.8) is 0 Å². The highest BCUT2D eigenvalue weighted by Gasteiger charge is 2.19. The quantitative estimate of drug-likeness (QED) is 0.367. The number of amides is 1. The summed E-state index contributed by atoms with van der Waals surface area (Å²) in [4.78, 5) is 12.7. The van der Waals surface area contributed by atoms with E-state index in [2.05, 4.69) is 15.1 Å². The number of benzene rings is 3. The Hall–Kier alpha value is -4.18. The third-order valence-electron chi connectivity index (χ3n) is 5.05. The highest BCUT2D eigenvalue weighted by atomic mass is 32.2. The number of ether oxygens (including phenoxy) is 1. The molecular formula is C25H23FN4O4S. The molecule has 0 atom stereocenters. The summed E-state index contributed by atoms with van der Waals surface area (Å²) in [7, 11) is -3.93. The summed E-state index contributed by atoms with van der Waals surface area (Å²) in [6, 6.07) is 18.5. The zero-order valence-corrected chi connectivity index (χ0v) is 19.8. The van der Waals surface area contributed by atoms with E-state index in [1.54, 1.807) is 55.5 Å². The predicted molar refractivity (Wildman–Crippen MR) is 131 cm³/mol. The average Bonchev–Trinajstić information content (AvgIpc) is 3.32. The Morgan fingerprint density at radius 2 is 1.77 bits per heavy atom. The van der Waals surface area contributed by atoms with Crippen LogP contribution in [0.2, 0.25) is 0 Å². The van der Waals surface area contributed by atoms with Crippen molar-refractivity contribution < 1.29 is 22.3 Å². The first-order valence-electron chi connectivity index (χ1n) is 10.7. The number of rotatable bonds is 8. The molecule has 180 valence electrons. The van der Waals surface area contributed by atoms with Gasteiger partial charge >= 0.3 is 0 Å². The molecule has 1 aromatic heterocycles. The number of aromatic nitrogens is 2. The van der Waals surface area contributed by atoms with E-state index in [0.717, 1.165) is 0 Å². The van der Waals surface area contributed by atoms with Crippen LogP contribution in [0, 0.1) is 12.7 Å². The molecule has 1 heterocycles. The highest BCUT2D eigenvalue weighted by Crippen LogP contribution is 2.24. The zero-order valence-electron chi connectivity index (χ0n) is 19.0. The van der Waals surface area contributed by atoms with Gasteiger partial charge in [0.05, 0.1) is 17.2 Å². The van der Waals surface area contributed by atoms with E-state index in [9.17, 15) is 17.6 Å². The van der Waals surface area contributed by atoms with Gasteiger partial charge in [-0.2, -0.15) is 5.10 Å². The van der Waals surface area contributed by atoms with Crippen LogP contribution < -0.4 is 14.8 Å². The Morgan fingerprint density at radius 3 is 2.49 bits per heavy atom. The second-order valence-corrected chi connectivity index (χ2v) is 9.27. The van der Waals surface area contributed by atoms with Gasteiger partial charge in [0.1, 0.15) is 11.6 Å². The van der Waals surface area contributed by atoms with Crippen molar-refractivity contribution in [1.82, 2.24) is 9.78 Å². The number of sulfonamides is 1. The van der Waals surface area contributed by atoms with Crippen LogP contribution in [0.5, 0.6) is 5.75 Å². The van der Waals surface area contributed by atoms with Gasteiger partial charge in [-0.25, -0.2) is 17.5 Å². The molecule has 3 aromatic carbocycles. The minimum absolute atomic E-state index is 0.0227. The van der Waals surface area contributed by atoms with Crippen LogP contribution in [-0.4, -0.2) is 30.7 Å². The first-order valence-corrected chi connectivity index (χ1v) is 12.2. The lowest BCUT2D eigenvalue weighted by atomic mass is 10.2. The normalized spacial score (nSPS) is 11.2. The lowest BCUT2D eigenvalue weighted by Gasteiger charge is -2.13. The van der Waals surface area contributed by atoms with Gasteiger partial charge in [-0.1, -0.05) is 12.1 Å². The molecule has 0 unspecified atom stereocenters. The molecule has 1 amide bonds. The Bertz CT molecular complexity index is 1470. The minimum Gasteiger partial charge on any atom is -0.494 e. The summed E-state index contributed by atoms with van der Waals surface area (Å²) < 4.78 is 48.8. The van der Waals surface area contributed by atoms with Gasteiger partial charge in [0, 0.05) is 17.6 Å². The Morgan fingerprint density at radius 1 is 1.03 bits per heavy atom. The first-order chi connectivity index (χ1) is 16.7. The minimum atomic E-state index is -3.93. The topological polar surface area (TPSA) is 102 Å². The van der Waals surface area contributed by atoms with Crippen LogP contribution in [-0.2, 0) is 10.0 Å². The smallest absolute Gasteiger partial charge is 0.276 e. The summed E-state index contributed by atoms with van der Waals surface area (Å²) in [6.45, 7) is 4.04. The van der Waals surface area contributed by atoms with E-state index < -0.39 is 21.7 Å². The molecule has 0 aliphatic heterocycles. The summed E-state index contributed by atoms with van der Waals surface area (Å²) in [5.74, 6) is -0.320. The molecule has 4 aromatic rings. The second-order valence-electron chi connectivity index (χ2n) is 7.62. The largest absolute Gasteiger partial charge is 0.494 e. The number of hydrogen-bond acceptors (Lipinski definition) is 5. The van der Waals surface area contributed by atoms with Crippen LogP contribution in [0.4, 0.5) is 15.8 Å². The number of aryl methyl sites for hydroxylation is 1. The van der Waals surface area contributed by atoms with Crippen molar-refractivity contribution in [2.24, 2.45) is 0 Å². The SMILES string of the molecule is CCOc1ccc(NS(=O)(=O)c2cc(NC(=O)c3ccn(-c4cccc(F)c4)n3)ccc2C)cc1. The zero-order chi connectivity index (χ0) is 25.0. The molecule has 0 saturated heterocycles. The maximum Gasteiger partial charge on any atom is 0.276 e. The summed E-state index contributed by atoms with van der Waals surface area (Å²) >= 11 is 0. The molecule has 0 saturated carbocycles. The molecule has 2 N–H and O–H groups in total. The Kier molecular flexibility index (Phi) is 6.83. The molecule has 0 fully saturated rings. The third kappa shape index (κ3) is 5.67. The molecule has 10 heteroatoms. The average molecular weight is 495 g/mol. The number of halogens is 1. The fourth-order valence-corrected chi connectivity index (χ4v) is 4.70. The molecule has 0 aliphatic carbocycles. The number of nitrogens with zero attached hydrogens (tertiary/aromatic N) is 2. The number of nitrogens with one attached hydrogen (secondary N) is 2. The van der Waals surface area contributed by atoms with E-state index >= 15 is 0 Å².